The number of Topliss-reactive ketones (excluding diaryl/α,β-unsaturated/α-hetero) is 1. The molecule has 2 aliphatic heterocycles. The Kier molecular flexibility index (Phi) is 5.50. The SMILES string of the molecule is CC(c1ccc(Br)cc1)N1CCC(C(=O)c2ccc3c(c2)OCCO3)CC1. The van der Waals surface area contributed by atoms with Gasteiger partial charge >= 0.3 is 0 Å². The first kappa shape index (κ1) is 18.5. The molecule has 1 fully saturated rings. The van der Waals surface area contributed by atoms with Gasteiger partial charge in [0.2, 0.25) is 0 Å². The summed E-state index contributed by atoms with van der Waals surface area (Å²) in [5.41, 5.74) is 2.05. The lowest BCUT2D eigenvalue weighted by atomic mass is 9.88. The highest BCUT2D eigenvalue weighted by molar-refractivity contribution is 9.10. The van der Waals surface area contributed by atoms with Gasteiger partial charge in [-0.2, -0.15) is 0 Å². The second-order valence-electron chi connectivity index (χ2n) is 7.26. The van der Waals surface area contributed by atoms with Crippen LogP contribution in [0.1, 0.15) is 41.7 Å². The van der Waals surface area contributed by atoms with E-state index in [0.29, 0.717) is 25.0 Å². The number of carbonyl (C=O) groups is 1. The van der Waals surface area contributed by atoms with E-state index >= 15 is 0 Å². The van der Waals surface area contributed by atoms with Crippen molar-refractivity contribution >= 4 is 21.7 Å². The Labute approximate surface area is 168 Å². The molecule has 1 atom stereocenters. The third kappa shape index (κ3) is 4.04. The summed E-state index contributed by atoms with van der Waals surface area (Å²) in [4.78, 5) is 15.4. The Morgan fingerprint density at radius 3 is 2.41 bits per heavy atom. The molecule has 4 rings (SSSR count). The summed E-state index contributed by atoms with van der Waals surface area (Å²) in [6.07, 6.45) is 1.79. The van der Waals surface area contributed by atoms with Gasteiger partial charge in [-0.1, -0.05) is 28.1 Å². The van der Waals surface area contributed by atoms with Crippen LogP contribution in [-0.2, 0) is 0 Å². The summed E-state index contributed by atoms with van der Waals surface area (Å²) in [7, 11) is 0. The van der Waals surface area contributed by atoms with E-state index < -0.39 is 0 Å². The predicted octanol–water partition coefficient (Wildman–Crippen LogP) is 4.88. The Morgan fingerprint density at radius 2 is 1.70 bits per heavy atom. The maximum atomic E-state index is 12.9. The van der Waals surface area contributed by atoms with Crippen LogP contribution >= 0.6 is 15.9 Å². The summed E-state index contributed by atoms with van der Waals surface area (Å²) < 4.78 is 12.3. The third-order valence-corrected chi connectivity index (χ3v) is 6.16. The van der Waals surface area contributed by atoms with E-state index in [2.05, 4.69) is 52.0 Å². The predicted molar refractivity (Wildman–Crippen MR) is 109 cm³/mol. The van der Waals surface area contributed by atoms with Crippen molar-refractivity contribution in [2.24, 2.45) is 5.92 Å². The lowest BCUT2D eigenvalue weighted by Crippen LogP contribution is -2.38. The van der Waals surface area contributed by atoms with Crippen molar-refractivity contribution in [3.63, 3.8) is 0 Å². The fraction of sp³-hybridized carbons (Fsp3) is 0.409. The van der Waals surface area contributed by atoms with Crippen LogP contribution in [0.2, 0.25) is 0 Å². The fourth-order valence-electron chi connectivity index (χ4n) is 3.93. The van der Waals surface area contributed by atoms with E-state index in [0.717, 1.165) is 41.7 Å². The smallest absolute Gasteiger partial charge is 0.166 e. The number of hydrogen-bond donors (Lipinski definition) is 0. The molecule has 4 nitrogen and oxygen atoms in total. The van der Waals surface area contributed by atoms with Gasteiger partial charge in [-0.25, -0.2) is 0 Å². The monoisotopic (exact) mass is 429 g/mol. The summed E-state index contributed by atoms with van der Waals surface area (Å²) in [6.45, 7) is 5.23. The molecule has 2 aliphatic rings. The van der Waals surface area contributed by atoms with Gasteiger partial charge in [0.15, 0.2) is 17.3 Å². The first-order chi connectivity index (χ1) is 13.1. The molecule has 0 aromatic heterocycles. The topological polar surface area (TPSA) is 38.8 Å². The molecule has 142 valence electrons. The second kappa shape index (κ2) is 8.03. The lowest BCUT2D eigenvalue weighted by Gasteiger charge is -2.36. The highest BCUT2D eigenvalue weighted by atomic mass is 79.9. The molecule has 1 saturated heterocycles. The van der Waals surface area contributed by atoms with Gasteiger partial charge in [0.25, 0.3) is 0 Å². The molecular formula is C22H24BrNO3. The summed E-state index contributed by atoms with van der Waals surface area (Å²) in [6, 6.07) is 14.4. The summed E-state index contributed by atoms with van der Waals surface area (Å²) in [5.74, 6) is 1.73. The van der Waals surface area contributed by atoms with E-state index in [9.17, 15) is 4.79 Å². The molecule has 0 aliphatic carbocycles. The van der Waals surface area contributed by atoms with Gasteiger partial charge in [0, 0.05) is 22.0 Å². The molecule has 5 heteroatoms. The lowest BCUT2D eigenvalue weighted by molar-refractivity contribution is 0.0800. The molecule has 2 aromatic carbocycles. The van der Waals surface area contributed by atoms with E-state index in [4.69, 9.17) is 9.47 Å². The maximum Gasteiger partial charge on any atom is 0.166 e. The number of hydrogen-bond acceptors (Lipinski definition) is 4. The van der Waals surface area contributed by atoms with E-state index in [-0.39, 0.29) is 11.7 Å². The average Bonchev–Trinajstić information content (AvgIpc) is 2.73. The molecule has 0 spiro atoms. The zero-order valence-corrected chi connectivity index (χ0v) is 17.1. The first-order valence-electron chi connectivity index (χ1n) is 9.55. The summed E-state index contributed by atoms with van der Waals surface area (Å²) >= 11 is 3.49. The number of likely N-dealkylation sites (tertiary alicyclic amines) is 1. The average molecular weight is 430 g/mol. The van der Waals surface area contributed by atoms with Crippen molar-refractivity contribution in [2.75, 3.05) is 26.3 Å². The minimum absolute atomic E-state index is 0.0842. The normalized spacial score (nSPS) is 18.9. The van der Waals surface area contributed by atoms with E-state index in [1.54, 1.807) is 0 Å². The van der Waals surface area contributed by atoms with Gasteiger partial charge < -0.3 is 9.47 Å². The van der Waals surface area contributed by atoms with Gasteiger partial charge in [-0.3, -0.25) is 9.69 Å². The molecule has 27 heavy (non-hydrogen) atoms. The minimum atomic E-state index is 0.0842. The number of carbonyl (C=O) groups excluding carboxylic acids is 1. The van der Waals surface area contributed by atoms with Crippen LogP contribution in [-0.4, -0.2) is 37.0 Å². The van der Waals surface area contributed by atoms with Crippen LogP contribution in [0.15, 0.2) is 46.9 Å². The van der Waals surface area contributed by atoms with Crippen molar-refractivity contribution < 1.29 is 14.3 Å². The quantitative estimate of drug-likeness (QED) is 0.649. The van der Waals surface area contributed by atoms with Crippen molar-refractivity contribution in [3.8, 4) is 11.5 Å². The van der Waals surface area contributed by atoms with Crippen molar-refractivity contribution in [3.05, 3.63) is 58.1 Å². The van der Waals surface area contributed by atoms with Crippen LogP contribution in [0.4, 0.5) is 0 Å². The van der Waals surface area contributed by atoms with Crippen molar-refractivity contribution in [2.45, 2.75) is 25.8 Å². The van der Waals surface area contributed by atoms with E-state index in [1.165, 1.54) is 5.56 Å². The Bertz CT molecular complexity index is 813. The van der Waals surface area contributed by atoms with Gasteiger partial charge in [-0.05, 0) is 68.8 Å². The van der Waals surface area contributed by atoms with E-state index in [1.807, 2.05) is 18.2 Å². The largest absolute Gasteiger partial charge is 0.486 e. The van der Waals surface area contributed by atoms with Gasteiger partial charge in [-0.15, -0.1) is 0 Å². The zero-order chi connectivity index (χ0) is 18.8. The molecule has 0 saturated carbocycles. The number of ether oxygens (including phenoxy) is 2. The van der Waals surface area contributed by atoms with Crippen LogP contribution in [0.25, 0.3) is 0 Å². The maximum absolute atomic E-state index is 12.9. The number of nitrogens with zero attached hydrogens (tertiary/aromatic N) is 1. The van der Waals surface area contributed by atoms with Crippen LogP contribution in [0, 0.1) is 5.92 Å². The van der Waals surface area contributed by atoms with Crippen LogP contribution in [0.3, 0.4) is 0 Å². The van der Waals surface area contributed by atoms with Crippen molar-refractivity contribution in [1.29, 1.82) is 0 Å². The Morgan fingerprint density at radius 1 is 1.04 bits per heavy atom. The van der Waals surface area contributed by atoms with Crippen molar-refractivity contribution in [1.82, 2.24) is 4.90 Å². The number of fused-ring (bicyclic) bond motifs is 1. The molecule has 0 N–H and O–H groups in total. The molecule has 0 bridgehead atoms. The van der Waals surface area contributed by atoms with Gasteiger partial charge in [0.05, 0.1) is 0 Å². The number of rotatable bonds is 4. The Hall–Kier alpha value is -1.85. The second-order valence-corrected chi connectivity index (χ2v) is 8.18. The summed E-state index contributed by atoms with van der Waals surface area (Å²) in [5, 5.41) is 0. The number of benzene rings is 2. The fourth-order valence-corrected chi connectivity index (χ4v) is 4.20. The van der Waals surface area contributed by atoms with Crippen LogP contribution in [0.5, 0.6) is 11.5 Å². The molecule has 2 heterocycles. The van der Waals surface area contributed by atoms with Crippen LogP contribution < -0.4 is 9.47 Å². The molecule has 0 radical (unpaired) electrons. The molecule has 1 unspecified atom stereocenters. The zero-order valence-electron chi connectivity index (χ0n) is 15.5. The number of piperidine rings is 1. The highest BCUT2D eigenvalue weighted by Gasteiger charge is 2.29. The highest BCUT2D eigenvalue weighted by Crippen LogP contribution is 2.33. The molecule has 2 aromatic rings. The standard InChI is InChI=1S/C22H24BrNO3/c1-15(16-2-5-19(23)6-3-16)24-10-8-17(9-11-24)22(25)18-4-7-20-21(14-18)27-13-12-26-20/h2-7,14-15,17H,8-13H2,1H3. The third-order valence-electron chi connectivity index (χ3n) is 5.63. The number of halogens is 1. The minimum Gasteiger partial charge on any atom is -0.486 e. The molecule has 0 amide bonds. The van der Waals surface area contributed by atoms with Gasteiger partial charge in [0.1, 0.15) is 13.2 Å². The Balaban J connectivity index is 1.38. The first-order valence-corrected chi connectivity index (χ1v) is 10.3. The molecular weight excluding hydrogens is 406 g/mol. The number of ketones is 1.